The van der Waals surface area contributed by atoms with Crippen LogP contribution in [0.1, 0.15) is 25.0 Å². The minimum Gasteiger partial charge on any atom is -0.508 e. The highest BCUT2D eigenvalue weighted by atomic mass is 16.6. The van der Waals surface area contributed by atoms with Gasteiger partial charge in [0.05, 0.1) is 0 Å². The van der Waals surface area contributed by atoms with E-state index >= 15 is 0 Å². The predicted molar refractivity (Wildman–Crippen MR) is 86.5 cm³/mol. The van der Waals surface area contributed by atoms with Crippen LogP contribution in [0.15, 0.2) is 66.7 Å². The highest BCUT2D eigenvalue weighted by Crippen LogP contribution is 2.31. The van der Waals surface area contributed by atoms with E-state index in [0.29, 0.717) is 12.0 Å². The first-order valence-electron chi connectivity index (χ1n) is 7.13. The number of benzene rings is 2. The molecule has 0 saturated heterocycles. The minimum atomic E-state index is -0.797. The van der Waals surface area contributed by atoms with Crippen LogP contribution >= 0.6 is 0 Å². The molecular formula is C19H20O3. The van der Waals surface area contributed by atoms with Crippen LogP contribution in [0.3, 0.4) is 0 Å². The van der Waals surface area contributed by atoms with Crippen LogP contribution in [0.4, 0.5) is 0 Å². The molecule has 0 aromatic heterocycles. The maximum atomic E-state index is 12.0. The van der Waals surface area contributed by atoms with E-state index in [2.05, 4.69) is 6.58 Å². The number of carbonyl (C=O) groups excluding carboxylic acids is 1. The van der Waals surface area contributed by atoms with E-state index in [0.717, 1.165) is 11.1 Å². The second kappa shape index (κ2) is 6.48. The Morgan fingerprint density at radius 2 is 1.73 bits per heavy atom. The summed E-state index contributed by atoms with van der Waals surface area (Å²) < 4.78 is 5.72. The summed E-state index contributed by atoms with van der Waals surface area (Å²) in [6, 6.07) is 16.5. The molecule has 0 spiro atoms. The molecule has 2 aromatic carbocycles. The fourth-order valence-electron chi connectivity index (χ4n) is 2.28. The first-order valence-corrected chi connectivity index (χ1v) is 7.13. The zero-order valence-electron chi connectivity index (χ0n) is 12.9. The van der Waals surface area contributed by atoms with Crippen LogP contribution in [0.2, 0.25) is 0 Å². The molecular weight excluding hydrogens is 276 g/mol. The Morgan fingerprint density at radius 1 is 1.14 bits per heavy atom. The third kappa shape index (κ3) is 3.76. The van der Waals surface area contributed by atoms with Gasteiger partial charge in [0.1, 0.15) is 11.4 Å². The number of rotatable bonds is 5. The predicted octanol–water partition coefficient (Wildman–Crippen LogP) is 3.97. The van der Waals surface area contributed by atoms with Crippen molar-refractivity contribution in [2.45, 2.75) is 25.9 Å². The van der Waals surface area contributed by atoms with Gasteiger partial charge in [-0.15, -0.1) is 0 Å². The molecule has 0 bridgehead atoms. The summed E-state index contributed by atoms with van der Waals surface area (Å²) in [5.74, 6) is -0.200. The number of phenolic OH excluding ortho intramolecular Hbond substituents is 1. The summed E-state index contributed by atoms with van der Waals surface area (Å²) in [6.45, 7) is 7.16. The SMILES string of the molecule is C=C(C)C(=O)OC(C)(Cc1ccc(O)cc1)c1ccccc1. The van der Waals surface area contributed by atoms with Crippen molar-refractivity contribution >= 4 is 5.97 Å². The van der Waals surface area contributed by atoms with Gasteiger partial charge in [-0.1, -0.05) is 49.0 Å². The highest BCUT2D eigenvalue weighted by Gasteiger charge is 2.31. The van der Waals surface area contributed by atoms with Crippen LogP contribution in [-0.4, -0.2) is 11.1 Å². The van der Waals surface area contributed by atoms with Gasteiger partial charge < -0.3 is 9.84 Å². The molecule has 1 atom stereocenters. The third-order valence-corrected chi connectivity index (χ3v) is 3.53. The van der Waals surface area contributed by atoms with Crippen molar-refractivity contribution in [3.8, 4) is 5.75 Å². The average molecular weight is 296 g/mol. The molecule has 0 aliphatic heterocycles. The lowest BCUT2D eigenvalue weighted by Gasteiger charge is -2.30. The summed E-state index contributed by atoms with van der Waals surface area (Å²) in [7, 11) is 0. The molecule has 2 rings (SSSR count). The summed E-state index contributed by atoms with van der Waals surface area (Å²) >= 11 is 0. The minimum absolute atomic E-state index is 0.212. The molecule has 22 heavy (non-hydrogen) atoms. The van der Waals surface area contributed by atoms with Gasteiger partial charge in [0, 0.05) is 12.0 Å². The standard InChI is InChI=1S/C19H20O3/c1-14(2)18(21)22-19(3,16-7-5-4-6-8-16)13-15-9-11-17(20)12-10-15/h4-12,20H,1,13H2,2-3H3. The number of esters is 1. The lowest BCUT2D eigenvalue weighted by Crippen LogP contribution is -2.32. The fraction of sp³-hybridized carbons (Fsp3) is 0.211. The van der Waals surface area contributed by atoms with Gasteiger partial charge in [-0.05, 0) is 37.1 Å². The van der Waals surface area contributed by atoms with E-state index in [1.165, 1.54) is 0 Å². The van der Waals surface area contributed by atoms with Crippen molar-refractivity contribution in [3.05, 3.63) is 77.9 Å². The molecule has 0 heterocycles. The van der Waals surface area contributed by atoms with Gasteiger partial charge in [0.15, 0.2) is 0 Å². The van der Waals surface area contributed by atoms with Gasteiger partial charge >= 0.3 is 5.97 Å². The van der Waals surface area contributed by atoms with E-state index in [-0.39, 0.29) is 5.75 Å². The van der Waals surface area contributed by atoms with Gasteiger partial charge in [0.2, 0.25) is 0 Å². The zero-order chi connectivity index (χ0) is 16.2. The van der Waals surface area contributed by atoms with Gasteiger partial charge in [0.25, 0.3) is 0 Å². The van der Waals surface area contributed by atoms with Crippen LogP contribution < -0.4 is 0 Å². The summed E-state index contributed by atoms with van der Waals surface area (Å²) in [4.78, 5) is 12.0. The summed E-state index contributed by atoms with van der Waals surface area (Å²) in [5.41, 5.74) is 1.46. The Hall–Kier alpha value is -2.55. The molecule has 1 unspecified atom stereocenters. The van der Waals surface area contributed by atoms with Crippen molar-refractivity contribution < 1.29 is 14.6 Å². The van der Waals surface area contributed by atoms with Crippen LogP contribution in [-0.2, 0) is 21.6 Å². The molecule has 1 N–H and O–H groups in total. The van der Waals surface area contributed by atoms with E-state index in [4.69, 9.17) is 4.74 Å². The quantitative estimate of drug-likeness (QED) is 0.671. The summed E-state index contributed by atoms with van der Waals surface area (Å²) in [5, 5.41) is 9.39. The topological polar surface area (TPSA) is 46.5 Å². The van der Waals surface area contributed by atoms with Crippen molar-refractivity contribution in [2.75, 3.05) is 0 Å². The van der Waals surface area contributed by atoms with Crippen molar-refractivity contribution in [1.82, 2.24) is 0 Å². The molecule has 0 fully saturated rings. The number of aromatic hydroxyl groups is 1. The fourth-order valence-corrected chi connectivity index (χ4v) is 2.28. The van der Waals surface area contributed by atoms with E-state index in [1.54, 1.807) is 19.1 Å². The molecule has 114 valence electrons. The third-order valence-electron chi connectivity index (χ3n) is 3.53. The van der Waals surface area contributed by atoms with Crippen LogP contribution in [0.25, 0.3) is 0 Å². The van der Waals surface area contributed by atoms with Crippen LogP contribution in [0, 0.1) is 0 Å². The lowest BCUT2D eigenvalue weighted by molar-refractivity contribution is -0.154. The molecule has 0 aliphatic carbocycles. The molecule has 2 aromatic rings. The molecule has 0 radical (unpaired) electrons. The Labute approximate surface area is 130 Å². The van der Waals surface area contributed by atoms with Crippen LogP contribution in [0.5, 0.6) is 5.75 Å². The van der Waals surface area contributed by atoms with Gasteiger partial charge in [-0.2, -0.15) is 0 Å². The van der Waals surface area contributed by atoms with Crippen molar-refractivity contribution in [3.63, 3.8) is 0 Å². The maximum Gasteiger partial charge on any atom is 0.333 e. The van der Waals surface area contributed by atoms with E-state index < -0.39 is 11.6 Å². The summed E-state index contributed by atoms with van der Waals surface area (Å²) in [6.07, 6.45) is 0.510. The van der Waals surface area contributed by atoms with E-state index in [9.17, 15) is 9.90 Å². The highest BCUT2D eigenvalue weighted by molar-refractivity contribution is 5.87. The molecule has 0 saturated carbocycles. The maximum absolute atomic E-state index is 12.0. The Kier molecular flexibility index (Phi) is 4.66. The molecule has 3 nitrogen and oxygen atoms in total. The number of hydrogen-bond donors (Lipinski definition) is 1. The first-order chi connectivity index (χ1) is 10.4. The van der Waals surface area contributed by atoms with E-state index in [1.807, 2.05) is 49.4 Å². The Morgan fingerprint density at radius 3 is 2.27 bits per heavy atom. The molecule has 0 amide bonds. The first kappa shape index (κ1) is 15.8. The molecule has 0 aliphatic rings. The number of ether oxygens (including phenoxy) is 1. The number of hydrogen-bond acceptors (Lipinski definition) is 3. The van der Waals surface area contributed by atoms with Gasteiger partial charge in [-0.3, -0.25) is 0 Å². The Balaban J connectivity index is 2.34. The normalized spacial score (nSPS) is 13.2. The number of carbonyl (C=O) groups is 1. The molecule has 3 heteroatoms. The smallest absolute Gasteiger partial charge is 0.333 e. The largest absolute Gasteiger partial charge is 0.508 e. The Bertz CT molecular complexity index is 659. The van der Waals surface area contributed by atoms with Gasteiger partial charge in [-0.25, -0.2) is 4.79 Å². The monoisotopic (exact) mass is 296 g/mol. The number of phenols is 1. The second-order valence-corrected chi connectivity index (χ2v) is 5.61. The van der Waals surface area contributed by atoms with Crippen molar-refractivity contribution in [1.29, 1.82) is 0 Å². The zero-order valence-corrected chi connectivity index (χ0v) is 12.9. The average Bonchev–Trinajstić information content (AvgIpc) is 2.50. The van der Waals surface area contributed by atoms with Crippen molar-refractivity contribution in [2.24, 2.45) is 0 Å². The second-order valence-electron chi connectivity index (χ2n) is 5.61. The lowest BCUT2D eigenvalue weighted by atomic mass is 9.88.